The largest absolute Gasteiger partial charge is 0.454 e. The van der Waals surface area contributed by atoms with Gasteiger partial charge >= 0.3 is 0 Å². The predicted molar refractivity (Wildman–Crippen MR) is 88.3 cm³/mol. The lowest BCUT2D eigenvalue weighted by atomic mass is 9.82. The maximum absolute atomic E-state index is 5.80. The van der Waals surface area contributed by atoms with Gasteiger partial charge in [0.15, 0.2) is 23.0 Å². The number of hydrogen-bond donors (Lipinski definition) is 0. The van der Waals surface area contributed by atoms with Gasteiger partial charge in [-0.25, -0.2) is 0 Å². The van der Waals surface area contributed by atoms with E-state index >= 15 is 0 Å². The first-order valence-electron chi connectivity index (χ1n) is 7.51. The zero-order valence-electron chi connectivity index (χ0n) is 12.8. The van der Waals surface area contributed by atoms with Gasteiger partial charge in [-0.15, -0.1) is 12.8 Å². The molecule has 2 aromatic rings. The van der Waals surface area contributed by atoms with Crippen molar-refractivity contribution in [2.24, 2.45) is 0 Å². The molecule has 0 aliphatic carbocycles. The summed E-state index contributed by atoms with van der Waals surface area (Å²) in [5, 5.41) is 0. The highest BCUT2D eigenvalue weighted by atomic mass is 16.7. The molecule has 0 saturated heterocycles. The van der Waals surface area contributed by atoms with Crippen LogP contribution >= 0.6 is 0 Å². The summed E-state index contributed by atoms with van der Waals surface area (Å²) in [6, 6.07) is 11.4. The molecular formula is C20H14O4. The lowest BCUT2D eigenvalue weighted by molar-refractivity contribution is 0.173. The topological polar surface area (TPSA) is 36.9 Å². The van der Waals surface area contributed by atoms with Crippen molar-refractivity contribution in [3.05, 3.63) is 47.5 Å². The first kappa shape index (κ1) is 14.4. The summed E-state index contributed by atoms with van der Waals surface area (Å²) in [4.78, 5) is 0. The third kappa shape index (κ3) is 2.30. The Balaban J connectivity index is 1.71. The predicted octanol–water partition coefficient (Wildman–Crippen LogP) is 3.28. The van der Waals surface area contributed by atoms with Crippen LogP contribution in [0.1, 0.15) is 23.0 Å². The number of ether oxygens (including phenoxy) is 4. The second-order valence-electron chi connectivity index (χ2n) is 5.51. The number of hydrogen-bond acceptors (Lipinski definition) is 4. The summed E-state index contributed by atoms with van der Waals surface area (Å²) >= 11 is 0. The molecule has 2 aliphatic heterocycles. The van der Waals surface area contributed by atoms with E-state index in [-0.39, 0.29) is 25.4 Å². The van der Waals surface area contributed by atoms with E-state index in [1.54, 1.807) is 0 Å². The highest BCUT2D eigenvalue weighted by Gasteiger charge is 2.26. The average Bonchev–Trinajstić information content (AvgIpc) is 3.26. The average molecular weight is 318 g/mol. The van der Waals surface area contributed by atoms with Gasteiger partial charge in [-0.1, -0.05) is 24.0 Å². The molecule has 0 bridgehead atoms. The van der Waals surface area contributed by atoms with Crippen molar-refractivity contribution < 1.29 is 18.9 Å². The Morgan fingerprint density at radius 3 is 1.50 bits per heavy atom. The molecule has 4 heteroatoms. The minimum Gasteiger partial charge on any atom is -0.454 e. The van der Waals surface area contributed by atoms with Crippen molar-refractivity contribution in [2.75, 3.05) is 13.6 Å². The van der Waals surface area contributed by atoms with Gasteiger partial charge in [0.05, 0.1) is 11.8 Å². The van der Waals surface area contributed by atoms with Gasteiger partial charge in [0, 0.05) is 0 Å². The quantitative estimate of drug-likeness (QED) is 0.814. The first-order valence-corrected chi connectivity index (χ1v) is 7.51. The summed E-state index contributed by atoms with van der Waals surface area (Å²) in [6.45, 7) is 0.445. The van der Waals surface area contributed by atoms with Crippen molar-refractivity contribution in [1.29, 1.82) is 0 Å². The number of fused-ring (bicyclic) bond motifs is 2. The molecule has 2 aliphatic rings. The van der Waals surface area contributed by atoms with Gasteiger partial charge < -0.3 is 18.9 Å². The molecule has 118 valence electrons. The first-order chi connectivity index (χ1) is 11.8. The molecule has 2 aromatic carbocycles. The molecule has 0 spiro atoms. The Kier molecular flexibility index (Phi) is 3.44. The van der Waals surface area contributed by atoms with Crippen LogP contribution in [0.2, 0.25) is 0 Å². The number of rotatable bonds is 3. The summed E-state index contributed by atoms with van der Waals surface area (Å²) in [6.07, 6.45) is 11.6. The molecular weight excluding hydrogens is 304 g/mol. The van der Waals surface area contributed by atoms with Crippen molar-refractivity contribution >= 4 is 0 Å². The molecule has 0 aromatic heterocycles. The normalized spacial score (nSPS) is 16.1. The minimum absolute atomic E-state index is 0.222. The van der Waals surface area contributed by atoms with E-state index in [1.807, 2.05) is 36.4 Å². The van der Waals surface area contributed by atoms with Gasteiger partial charge in [0.2, 0.25) is 13.6 Å². The Hall–Kier alpha value is -3.24. The zero-order valence-corrected chi connectivity index (χ0v) is 12.8. The standard InChI is InChI=1S/C20H14O4/c1-3-15(13-5-7-17-19(9-13)23-11-21-17)16(4-2)14-6-8-18-20(10-14)24-12-22-18/h1-2,5-10,15-16H,11-12H2/t15-,16-/m1/s1. The molecule has 2 atom stereocenters. The minimum atomic E-state index is -0.287. The Morgan fingerprint density at radius 2 is 1.08 bits per heavy atom. The fourth-order valence-corrected chi connectivity index (χ4v) is 2.98. The van der Waals surface area contributed by atoms with Crippen LogP contribution in [-0.4, -0.2) is 13.6 Å². The van der Waals surface area contributed by atoms with Crippen molar-refractivity contribution in [3.8, 4) is 47.7 Å². The van der Waals surface area contributed by atoms with Crippen LogP contribution in [0.5, 0.6) is 23.0 Å². The highest BCUT2D eigenvalue weighted by molar-refractivity contribution is 5.51. The maximum atomic E-state index is 5.80. The molecule has 0 radical (unpaired) electrons. The van der Waals surface area contributed by atoms with Gasteiger partial charge in [-0.05, 0) is 35.4 Å². The SMILES string of the molecule is C#C[C@H](c1ccc2c(c1)OCO2)[C@H](C#C)c1ccc2c(c1)OCO2. The maximum Gasteiger partial charge on any atom is 0.231 e. The Bertz CT molecular complexity index is 799. The van der Waals surface area contributed by atoms with E-state index in [0.29, 0.717) is 11.5 Å². The lowest BCUT2D eigenvalue weighted by Crippen LogP contribution is -2.08. The van der Waals surface area contributed by atoms with E-state index in [4.69, 9.17) is 31.8 Å². The second-order valence-corrected chi connectivity index (χ2v) is 5.51. The van der Waals surface area contributed by atoms with Crippen LogP contribution in [0, 0.1) is 24.7 Å². The Morgan fingerprint density at radius 1 is 0.667 bits per heavy atom. The molecule has 4 rings (SSSR count). The lowest BCUT2D eigenvalue weighted by Gasteiger charge is -2.20. The van der Waals surface area contributed by atoms with E-state index in [0.717, 1.165) is 22.6 Å². The van der Waals surface area contributed by atoms with Gasteiger partial charge in [0.25, 0.3) is 0 Å². The fourth-order valence-electron chi connectivity index (χ4n) is 2.98. The fraction of sp³-hybridized carbons (Fsp3) is 0.200. The summed E-state index contributed by atoms with van der Waals surface area (Å²) in [5.41, 5.74) is 1.84. The van der Waals surface area contributed by atoms with E-state index in [1.165, 1.54) is 0 Å². The summed E-state index contributed by atoms with van der Waals surface area (Å²) in [7, 11) is 0. The Labute approximate surface area is 140 Å². The summed E-state index contributed by atoms with van der Waals surface area (Å²) < 4.78 is 21.6. The zero-order chi connectivity index (χ0) is 16.5. The van der Waals surface area contributed by atoms with Crippen LogP contribution in [0.15, 0.2) is 36.4 Å². The van der Waals surface area contributed by atoms with Crippen LogP contribution in [0.25, 0.3) is 0 Å². The van der Waals surface area contributed by atoms with Gasteiger partial charge in [-0.2, -0.15) is 0 Å². The summed E-state index contributed by atoms with van der Waals surface area (Å²) in [5.74, 6) is 7.87. The molecule has 0 N–H and O–H groups in total. The van der Waals surface area contributed by atoms with Crippen molar-refractivity contribution in [3.63, 3.8) is 0 Å². The third-order valence-electron chi connectivity index (χ3n) is 4.20. The number of terminal acetylenes is 2. The molecule has 0 unspecified atom stereocenters. The van der Waals surface area contributed by atoms with Crippen LogP contribution in [0.3, 0.4) is 0 Å². The monoisotopic (exact) mass is 318 g/mol. The van der Waals surface area contributed by atoms with Gasteiger partial charge in [0.1, 0.15) is 0 Å². The molecule has 0 amide bonds. The van der Waals surface area contributed by atoms with Crippen LogP contribution < -0.4 is 18.9 Å². The third-order valence-corrected chi connectivity index (χ3v) is 4.20. The molecule has 24 heavy (non-hydrogen) atoms. The highest BCUT2D eigenvalue weighted by Crippen LogP contribution is 2.41. The van der Waals surface area contributed by atoms with Crippen LogP contribution in [-0.2, 0) is 0 Å². The van der Waals surface area contributed by atoms with Crippen LogP contribution in [0.4, 0.5) is 0 Å². The van der Waals surface area contributed by atoms with E-state index < -0.39 is 0 Å². The molecule has 2 heterocycles. The number of benzene rings is 2. The second kappa shape index (κ2) is 5.76. The molecule has 4 nitrogen and oxygen atoms in total. The smallest absolute Gasteiger partial charge is 0.231 e. The van der Waals surface area contributed by atoms with Gasteiger partial charge in [-0.3, -0.25) is 0 Å². The van der Waals surface area contributed by atoms with E-state index in [9.17, 15) is 0 Å². The molecule has 0 saturated carbocycles. The van der Waals surface area contributed by atoms with E-state index in [2.05, 4.69) is 11.8 Å². The van der Waals surface area contributed by atoms with Crippen molar-refractivity contribution in [1.82, 2.24) is 0 Å². The van der Waals surface area contributed by atoms with Crippen molar-refractivity contribution in [2.45, 2.75) is 11.8 Å². The molecule has 0 fully saturated rings.